The van der Waals surface area contributed by atoms with E-state index in [9.17, 15) is 13.2 Å². The minimum absolute atomic E-state index is 0.0331. The van der Waals surface area contributed by atoms with Gasteiger partial charge in [0.15, 0.2) is 0 Å². The van der Waals surface area contributed by atoms with E-state index in [4.69, 9.17) is 5.14 Å². The molecule has 0 aliphatic carbocycles. The van der Waals surface area contributed by atoms with E-state index in [1.165, 1.54) is 13.0 Å². The number of fused-ring (bicyclic) bond motifs is 1. The van der Waals surface area contributed by atoms with Gasteiger partial charge in [0.05, 0.1) is 4.90 Å². The fraction of sp³-hybridized carbons (Fsp3) is 0.364. The summed E-state index contributed by atoms with van der Waals surface area (Å²) in [6.07, 6.45) is 1.60. The molecule has 1 aromatic rings. The van der Waals surface area contributed by atoms with Crippen molar-refractivity contribution in [3.05, 3.63) is 23.8 Å². The van der Waals surface area contributed by atoms with Crippen LogP contribution in [0.1, 0.15) is 18.9 Å². The van der Waals surface area contributed by atoms with E-state index >= 15 is 0 Å². The van der Waals surface area contributed by atoms with Gasteiger partial charge in [0.25, 0.3) is 0 Å². The molecule has 5 nitrogen and oxygen atoms in total. The van der Waals surface area contributed by atoms with E-state index < -0.39 is 10.0 Å². The molecule has 0 radical (unpaired) electrons. The zero-order valence-electron chi connectivity index (χ0n) is 9.51. The van der Waals surface area contributed by atoms with Gasteiger partial charge < -0.3 is 4.90 Å². The molecule has 0 aromatic heterocycles. The highest BCUT2D eigenvalue weighted by molar-refractivity contribution is 7.89. The van der Waals surface area contributed by atoms with Crippen molar-refractivity contribution in [3.8, 4) is 0 Å². The lowest BCUT2D eigenvalue weighted by Gasteiger charge is -2.28. The molecule has 0 bridgehead atoms. The van der Waals surface area contributed by atoms with E-state index in [2.05, 4.69) is 0 Å². The molecule has 1 aliphatic heterocycles. The second-order valence-corrected chi connectivity index (χ2v) is 5.67. The van der Waals surface area contributed by atoms with Crippen molar-refractivity contribution in [3.63, 3.8) is 0 Å². The summed E-state index contributed by atoms with van der Waals surface area (Å²) in [5.74, 6) is -0.0331. The van der Waals surface area contributed by atoms with Crippen LogP contribution < -0.4 is 10.0 Å². The Hall–Kier alpha value is -1.40. The Kier molecular flexibility index (Phi) is 2.92. The van der Waals surface area contributed by atoms with E-state index in [0.717, 1.165) is 24.1 Å². The number of aryl methyl sites for hydroxylation is 1. The molecule has 6 heteroatoms. The van der Waals surface area contributed by atoms with Crippen LogP contribution in [-0.2, 0) is 21.2 Å². The van der Waals surface area contributed by atoms with Crippen LogP contribution in [0.15, 0.2) is 23.1 Å². The predicted molar refractivity (Wildman–Crippen MR) is 64.2 cm³/mol. The molecule has 0 saturated carbocycles. The number of sulfonamides is 1. The topological polar surface area (TPSA) is 80.5 Å². The third-order valence-electron chi connectivity index (χ3n) is 2.88. The second kappa shape index (κ2) is 4.12. The number of carbonyl (C=O) groups excluding carboxylic acids is 1. The molecule has 1 amide bonds. The normalized spacial score (nSPS) is 15.5. The Morgan fingerprint density at radius 2 is 2.12 bits per heavy atom. The molecule has 92 valence electrons. The summed E-state index contributed by atoms with van der Waals surface area (Å²) in [5.41, 5.74) is 1.65. The predicted octanol–water partition coefficient (Wildman–Crippen LogP) is 0.633. The first-order valence-electron chi connectivity index (χ1n) is 5.33. The number of carbonyl (C=O) groups is 1. The molecule has 1 aromatic carbocycles. The summed E-state index contributed by atoms with van der Waals surface area (Å²) >= 11 is 0. The minimum atomic E-state index is -3.68. The first-order valence-corrected chi connectivity index (χ1v) is 6.88. The van der Waals surface area contributed by atoms with E-state index in [1.807, 2.05) is 0 Å². The van der Waals surface area contributed by atoms with E-state index in [0.29, 0.717) is 6.54 Å². The molecule has 17 heavy (non-hydrogen) atoms. The quantitative estimate of drug-likeness (QED) is 0.798. The number of nitrogens with zero attached hydrogens (tertiary/aromatic N) is 1. The zero-order valence-corrected chi connectivity index (χ0v) is 10.3. The first-order chi connectivity index (χ1) is 7.89. The Balaban J connectivity index is 2.51. The molecule has 0 unspecified atom stereocenters. The smallest absolute Gasteiger partial charge is 0.238 e. The van der Waals surface area contributed by atoms with Crippen LogP contribution >= 0.6 is 0 Å². The number of benzene rings is 1. The van der Waals surface area contributed by atoms with Crippen molar-refractivity contribution in [1.82, 2.24) is 0 Å². The number of amides is 1. The molecule has 0 saturated heterocycles. The monoisotopic (exact) mass is 254 g/mol. The average Bonchev–Trinajstić information content (AvgIpc) is 2.26. The van der Waals surface area contributed by atoms with Crippen molar-refractivity contribution in [2.75, 3.05) is 11.4 Å². The molecule has 2 rings (SSSR count). The highest BCUT2D eigenvalue weighted by Crippen LogP contribution is 2.29. The molecule has 0 spiro atoms. The Bertz CT molecular complexity index is 566. The number of anilines is 1. The highest BCUT2D eigenvalue weighted by atomic mass is 32.2. The Labute approximate surface area is 100 Å². The van der Waals surface area contributed by atoms with Gasteiger partial charge in [0, 0.05) is 19.2 Å². The summed E-state index contributed by atoms with van der Waals surface area (Å²) in [6, 6.07) is 4.64. The van der Waals surface area contributed by atoms with Crippen LogP contribution in [0.2, 0.25) is 0 Å². The maximum atomic E-state index is 11.4. The van der Waals surface area contributed by atoms with Crippen LogP contribution in [0, 0.1) is 0 Å². The van der Waals surface area contributed by atoms with Crippen LogP contribution in [-0.4, -0.2) is 20.9 Å². The lowest BCUT2D eigenvalue weighted by molar-refractivity contribution is -0.116. The minimum Gasteiger partial charge on any atom is -0.312 e. The van der Waals surface area contributed by atoms with Crippen molar-refractivity contribution in [1.29, 1.82) is 0 Å². The van der Waals surface area contributed by atoms with Crippen LogP contribution in [0.3, 0.4) is 0 Å². The van der Waals surface area contributed by atoms with Gasteiger partial charge in [-0.3, -0.25) is 4.79 Å². The molecule has 1 aliphatic rings. The number of hydrogen-bond donors (Lipinski definition) is 1. The van der Waals surface area contributed by atoms with Gasteiger partial charge in [-0.2, -0.15) is 0 Å². The lowest BCUT2D eigenvalue weighted by atomic mass is 10.0. The van der Waals surface area contributed by atoms with Gasteiger partial charge in [-0.1, -0.05) is 0 Å². The highest BCUT2D eigenvalue weighted by Gasteiger charge is 2.21. The summed E-state index contributed by atoms with van der Waals surface area (Å²) < 4.78 is 22.5. The van der Waals surface area contributed by atoms with Gasteiger partial charge in [-0.25, -0.2) is 13.6 Å². The van der Waals surface area contributed by atoms with Crippen molar-refractivity contribution in [2.24, 2.45) is 5.14 Å². The number of primary sulfonamides is 1. The van der Waals surface area contributed by atoms with E-state index in [1.54, 1.807) is 17.0 Å². The van der Waals surface area contributed by atoms with Crippen molar-refractivity contribution >= 4 is 21.6 Å². The van der Waals surface area contributed by atoms with Gasteiger partial charge in [-0.05, 0) is 36.6 Å². The molecular weight excluding hydrogens is 240 g/mol. The Morgan fingerprint density at radius 1 is 1.41 bits per heavy atom. The molecule has 0 atom stereocenters. The third-order valence-corrected chi connectivity index (χ3v) is 3.79. The average molecular weight is 254 g/mol. The fourth-order valence-electron chi connectivity index (χ4n) is 2.08. The van der Waals surface area contributed by atoms with Gasteiger partial charge in [0.1, 0.15) is 0 Å². The maximum Gasteiger partial charge on any atom is 0.238 e. The standard InChI is InChI=1S/C11H14N2O3S/c1-8(14)13-6-2-3-9-7-10(17(12,15)16)4-5-11(9)13/h4-5,7H,2-3,6H2,1H3,(H2,12,15,16). The van der Waals surface area contributed by atoms with Crippen LogP contribution in [0.5, 0.6) is 0 Å². The summed E-state index contributed by atoms with van der Waals surface area (Å²) in [5, 5.41) is 5.08. The summed E-state index contributed by atoms with van der Waals surface area (Å²) in [4.78, 5) is 13.2. The first kappa shape index (κ1) is 12.1. The van der Waals surface area contributed by atoms with Crippen LogP contribution in [0.25, 0.3) is 0 Å². The molecule has 1 heterocycles. The molecule has 0 fully saturated rings. The molecule has 2 N–H and O–H groups in total. The molecular formula is C11H14N2O3S. The SMILES string of the molecule is CC(=O)N1CCCc2cc(S(N)(=O)=O)ccc21. The number of nitrogens with two attached hydrogens (primary N) is 1. The summed E-state index contributed by atoms with van der Waals surface area (Å²) in [7, 11) is -3.68. The second-order valence-electron chi connectivity index (χ2n) is 4.11. The maximum absolute atomic E-state index is 11.4. The largest absolute Gasteiger partial charge is 0.312 e. The van der Waals surface area contributed by atoms with Gasteiger partial charge >= 0.3 is 0 Å². The summed E-state index contributed by atoms with van der Waals surface area (Å²) in [6.45, 7) is 2.18. The van der Waals surface area contributed by atoms with Crippen molar-refractivity contribution < 1.29 is 13.2 Å². The fourth-order valence-corrected chi connectivity index (χ4v) is 2.64. The van der Waals surface area contributed by atoms with Gasteiger partial charge in [-0.15, -0.1) is 0 Å². The van der Waals surface area contributed by atoms with Gasteiger partial charge in [0.2, 0.25) is 15.9 Å². The van der Waals surface area contributed by atoms with Crippen LogP contribution in [0.4, 0.5) is 5.69 Å². The van der Waals surface area contributed by atoms with E-state index in [-0.39, 0.29) is 10.8 Å². The Morgan fingerprint density at radius 3 is 2.71 bits per heavy atom. The number of hydrogen-bond acceptors (Lipinski definition) is 3. The number of rotatable bonds is 1. The zero-order chi connectivity index (χ0) is 12.6. The van der Waals surface area contributed by atoms with Crippen molar-refractivity contribution in [2.45, 2.75) is 24.7 Å². The lowest BCUT2D eigenvalue weighted by Crippen LogP contribution is -2.33. The third kappa shape index (κ3) is 2.32.